The number of fused-ring (bicyclic) bond motifs is 4. The first-order valence-corrected chi connectivity index (χ1v) is 31.1. The van der Waals surface area contributed by atoms with Crippen molar-refractivity contribution in [3.8, 4) is 0 Å². The van der Waals surface area contributed by atoms with Crippen molar-refractivity contribution in [2.45, 2.75) is 23.7 Å². The van der Waals surface area contributed by atoms with Gasteiger partial charge in [-0.05, 0) is 183 Å². The van der Waals surface area contributed by atoms with Crippen LogP contribution < -0.4 is 10.4 Å². The molecule has 2 heterocycles. The van der Waals surface area contributed by atoms with Crippen LogP contribution in [-0.2, 0) is 0 Å². The van der Waals surface area contributed by atoms with Gasteiger partial charge in [0.1, 0.15) is 0 Å². The molecule has 6 aliphatic carbocycles. The Morgan fingerprint density at radius 1 is 0.279 bits per heavy atom. The van der Waals surface area contributed by atoms with E-state index in [1.807, 2.05) is 94.1 Å². The monoisotopic (exact) mass is 1020 g/mol. The summed E-state index contributed by atoms with van der Waals surface area (Å²) in [6.07, 6.45) is 8.97. The van der Waals surface area contributed by atoms with Gasteiger partial charge in [0.25, 0.3) is 0 Å². The van der Waals surface area contributed by atoms with Crippen molar-refractivity contribution in [1.82, 2.24) is 0 Å². The summed E-state index contributed by atoms with van der Waals surface area (Å²) in [5.74, 6) is 0.931. The van der Waals surface area contributed by atoms with Crippen molar-refractivity contribution < 1.29 is 0 Å². The summed E-state index contributed by atoms with van der Waals surface area (Å²) in [7, 11) is 0. The summed E-state index contributed by atoms with van der Waals surface area (Å²) in [6.45, 7) is 0. The standard InChI is InChI=1S/C60H40S8/c1-61-57-58(62-2)66-55(65-57)53-45-25-29-21-41-43(51-37-17-9-5-13-33(37)49(41)34-14-6-10-18-38(34)51)23-31(29)27-47(45)54(56-67-59(63-3)60(64-4)68-56)48-28-32-24-44-42(22-30(32)26-46(48)53)50-35-15-7-11-19-39(35)52(44)40-20-12-8-16-36(40)50/h5-28,49-52H,1-4H3. The second-order valence-corrected chi connectivity index (χ2v) is 27.3. The highest BCUT2D eigenvalue weighted by Gasteiger charge is 2.43. The number of benzene rings is 9. The quantitative estimate of drug-likeness (QED) is 0.158. The van der Waals surface area contributed by atoms with E-state index < -0.39 is 0 Å². The van der Waals surface area contributed by atoms with E-state index in [1.165, 1.54) is 146 Å². The highest BCUT2D eigenvalue weighted by atomic mass is 32.3. The molecule has 8 aliphatic rings. The van der Waals surface area contributed by atoms with Crippen molar-refractivity contribution in [2.75, 3.05) is 25.0 Å². The van der Waals surface area contributed by atoms with Crippen molar-refractivity contribution >= 4 is 146 Å². The average molecular weight is 1020 g/mol. The van der Waals surface area contributed by atoms with Gasteiger partial charge in [-0.25, -0.2) is 0 Å². The number of hydrogen-bond donors (Lipinski definition) is 0. The van der Waals surface area contributed by atoms with Crippen LogP contribution in [0.15, 0.2) is 163 Å². The van der Waals surface area contributed by atoms with Gasteiger partial charge in [-0.3, -0.25) is 0 Å². The largest absolute Gasteiger partial charge is 0.121 e. The molecule has 0 saturated carbocycles. The average Bonchev–Trinajstić information content (AvgIpc) is 4.01. The zero-order valence-electron chi connectivity index (χ0n) is 37.4. The molecular weight excluding hydrogens is 977 g/mol. The smallest absolute Gasteiger partial charge is 0.0657 e. The zero-order valence-corrected chi connectivity index (χ0v) is 44.0. The third-order valence-corrected chi connectivity index (χ3v) is 25.8. The molecule has 0 N–H and O–H groups in total. The second kappa shape index (κ2) is 15.8. The van der Waals surface area contributed by atoms with Crippen LogP contribution >= 0.6 is 94.1 Å². The van der Waals surface area contributed by atoms with Crippen molar-refractivity contribution in [3.63, 3.8) is 0 Å². The Hall–Kier alpha value is -3.96. The fourth-order valence-corrected chi connectivity index (χ4v) is 23.0. The van der Waals surface area contributed by atoms with Gasteiger partial charge in [-0.1, -0.05) is 144 Å². The predicted octanol–water partition coefficient (Wildman–Crippen LogP) is 17.1. The first-order chi connectivity index (χ1) is 33.5. The highest BCUT2D eigenvalue weighted by Crippen LogP contribution is 2.61. The molecule has 2 aliphatic heterocycles. The van der Waals surface area contributed by atoms with Crippen molar-refractivity contribution in [3.05, 3.63) is 240 Å². The molecule has 0 amide bonds. The maximum Gasteiger partial charge on any atom is 0.0657 e. The summed E-state index contributed by atoms with van der Waals surface area (Å²) < 4.78 is 8.41. The molecule has 0 aromatic heterocycles. The molecule has 9 aromatic carbocycles. The van der Waals surface area contributed by atoms with Crippen molar-refractivity contribution in [1.29, 1.82) is 0 Å². The zero-order chi connectivity index (χ0) is 45.1. The van der Waals surface area contributed by atoms with Gasteiger partial charge in [-0.15, -0.1) is 47.0 Å². The minimum Gasteiger partial charge on any atom is -0.121 e. The lowest BCUT2D eigenvalue weighted by atomic mass is 9.61. The highest BCUT2D eigenvalue weighted by molar-refractivity contribution is 8.46. The van der Waals surface area contributed by atoms with E-state index in [0.29, 0.717) is 0 Å². The Morgan fingerprint density at radius 3 is 0.676 bits per heavy atom. The molecule has 0 spiro atoms. The molecule has 0 nitrogen and oxygen atoms in total. The molecule has 0 fully saturated rings. The lowest BCUT2D eigenvalue weighted by Gasteiger charge is -2.42. The molecule has 68 heavy (non-hydrogen) atoms. The van der Waals surface area contributed by atoms with Crippen LogP contribution in [0.1, 0.15) is 90.4 Å². The molecule has 0 unspecified atom stereocenters. The van der Waals surface area contributed by atoms with Crippen LogP contribution in [0.4, 0.5) is 0 Å². The van der Waals surface area contributed by atoms with Gasteiger partial charge < -0.3 is 0 Å². The first-order valence-electron chi connectivity index (χ1n) is 23.0. The fourth-order valence-electron chi connectivity index (χ4n) is 12.7. The summed E-state index contributed by atoms with van der Waals surface area (Å²) in [5.41, 5.74) is 17.6. The molecule has 0 radical (unpaired) electrons. The van der Waals surface area contributed by atoms with E-state index in [9.17, 15) is 0 Å². The van der Waals surface area contributed by atoms with E-state index in [0.717, 1.165) is 0 Å². The molecular formula is C60H40S8. The van der Waals surface area contributed by atoms with Gasteiger partial charge in [0, 0.05) is 34.1 Å². The van der Waals surface area contributed by atoms with Crippen LogP contribution in [0.25, 0.3) is 51.6 Å². The lowest BCUT2D eigenvalue weighted by Crippen LogP contribution is -2.27. The Bertz CT molecular complexity index is 3410. The molecule has 0 atom stereocenters. The van der Waals surface area contributed by atoms with Crippen LogP contribution in [0.5, 0.6) is 0 Å². The number of hydrogen-bond acceptors (Lipinski definition) is 8. The minimum atomic E-state index is 0.233. The van der Waals surface area contributed by atoms with Gasteiger partial charge in [0.05, 0.1) is 25.4 Å². The third-order valence-electron chi connectivity index (χ3n) is 15.4. The summed E-state index contributed by atoms with van der Waals surface area (Å²) in [5, 5.41) is 13.5. The van der Waals surface area contributed by atoms with Gasteiger partial charge in [0.2, 0.25) is 0 Å². The molecule has 328 valence electrons. The Morgan fingerprint density at radius 2 is 0.485 bits per heavy atom. The Kier molecular flexibility index (Phi) is 9.69. The van der Waals surface area contributed by atoms with E-state index >= 15 is 0 Å². The topological polar surface area (TPSA) is 0 Å². The van der Waals surface area contributed by atoms with E-state index in [1.54, 1.807) is 0 Å². The maximum atomic E-state index is 2.60. The number of thioether (sulfide) groups is 8. The summed E-state index contributed by atoms with van der Waals surface area (Å²) in [4.78, 5) is 0. The van der Waals surface area contributed by atoms with Crippen LogP contribution in [-0.4, -0.2) is 25.0 Å². The van der Waals surface area contributed by atoms with Crippen LogP contribution in [0.2, 0.25) is 0 Å². The van der Waals surface area contributed by atoms with Crippen molar-refractivity contribution in [2.24, 2.45) is 0 Å². The Labute approximate surface area is 430 Å². The molecule has 4 bridgehead atoms. The SMILES string of the molecule is CSC1=C(SC)SC(=c2c3cc4cc5c(cc4cc3c(=C3SC(SC)=C(SC)S3)c3cc4cc6c(cc4cc23)C2c3ccccc3C6c3ccccc32)C2c3ccccc3C5c3ccccc32)S1. The normalized spacial score (nSPS) is 20.5. The molecule has 8 heteroatoms. The minimum absolute atomic E-state index is 0.233. The van der Waals surface area contributed by atoms with E-state index in [2.05, 4.69) is 171 Å². The van der Waals surface area contributed by atoms with E-state index in [4.69, 9.17) is 0 Å². The first kappa shape index (κ1) is 41.8. The third kappa shape index (κ3) is 5.78. The van der Waals surface area contributed by atoms with Crippen LogP contribution in [0.3, 0.4) is 0 Å². The molecule has 9 aromatic rings. The van der Waals surface area contributed by atoms with Gasteiger partial charge in [-0.2, -0.15) is 0 Å². The lowest BCUT2D eigenvalue weighted by molar-refractivity contribution is 0.756. The molecule has 0 saturated heterocycles. The predicted molar refractivity (Wildman–Crippen MR) is 311 cm³/mol. The van der Waals surface area contributed by atoms with Gasteiger partial charge in [0.15, 0.2) is 0 Å². The van der Waals surface area contributed by atoms with E-state index in [-0.39, 0.29) is 23.7 Å². The van der Waals surface area contributed by atoms with Gasteiger partial charge >= 0.3 is 0 Å². The second-order valence-electron chi connectivity index (χ2n) is 18.4. The maximum absolute atomic E-state index is 2.60. The fraction of sp³-hybridized carbons (Fsp3) is 0.133. The Balaban J connectivity index is 1.07. The summed E-state index contributed by atoms with van der Waals surface area (Å²) in [6, 6.07) is 57.7. The molecule has 17 rings (SSSR count). The summed E-state index contributed by atoms with van der Waals surface area (Å²) >= 11 is 15.5. The van der Waals surface area contributed by atoms with Crippen LogP contribution in [0, 0.1) is 0 Å². The number of rotatable bonds is 4.